The van der Waals surface area contributed by atoms with Gasteiger partial charge < -0.3 is 13.7 Å². The van der Waals surface area contributed by atoms with Gasteiger partial charge in [-0.25, -0.2) is 4.98 Å². The topological polar surface area (TPSA) is 42.4 Å². The predicted molar refractivity (Wildman–Crippen MR) is 225 cm³/mol. The van der Waals surface area contributed by atoms with Crippen molar-refractivity contribution in [1.82, 2.24) is 4.98 Å². The molecular weight excluding hydrogens is 681 g/mol. The molecule has 11 rings (SSSR count). The van der Waals surface area contributed by atoms with E-state index in [2.05, 4.69) is 157 Å². The normalized spacial score (nSPS) is 11.7. The SMILES string of the molecule is c1ccc(-c2ccc(N(c3ccc(-c4cccc5c4oc4ccccc45)cc3)c3c4oc5ccccc5c4cc4nc(-c5ccccc5)sc34)cc2)cc1. The van der Waals surface area contributed by atoms with Crippen LogP contribution >= 0.6 is 11.3 Å². The molecule has 3 aromatic heterocycles. The summed E-state index contributed by atoms with van der Waals surface area (Å²) in [6.07, 6.45) is 0. The van der Waals surface area contributed by atoms with Gasteiger partial charge in [-0.1, -0.05) is 140 Å². The number of para-hydroxylation sites is 3. The molecule has 0 unspecified atom stereocenters. The minimum Gasteiger partial charge on any atom is -0.455 e. The number of rotatable bonds is 6. The Morgan fingerprint density at radius 1 is 0.426 bits per heavy atom. The van der Waals surface area contributed by atoms with Crippen LogP contribution in [-0.4, -0.2) is 4.98 Å². The second-order valence-corrected chi connectivity index (χ2v) is 14.5. The van der Waals surface area contributed by atoms with Gasteiger partial charge in [0.2, 0.25) is 0 Å². The van der Waals surface area contributed by atoms with Crippen molar-refractivity contribution in [1.29, 1.82) is 0 Å². The summed E-state index contributed by atoms with van der Waals surface area (Å²) < 4.78 is 14.3. The van der Waals surface area contributed by atoms with E-state index in [0.717, 1.165) is 98.4 Å². The van der Waals surface area contributed by atoms with Crippen molar-refractivity contribution >= 4 is 82.5 Å². The van der Waals surface area contributed by atoms with Crippen molar-refractivity contribution in [3.8, 4) is 32.8 Å². The van der Waals surface area contributed by atoms with Crippen LogP contribution < -0.4 is 4.90 Å². The minimum absolute atomic E-state index is 0.829. The molecular formula is C49H30N2O2S. The Bertz CT molecular complexity index is 3140. The highest BCUT2D eigenvalue weighted by Gasteiger charge is 2.25. The molecule has 3 heterocycles. The van der Waals surface area contributed by atoms with E-state index >= 15 is 0 Å². The van der Waals surface area contributed by atoms with E-state index in [4.69, 9.17) is 13.8 Å². The standard InChI is InChI=1S/C49H30N2O2S/c1-3-12-31(13-4-1)32-22-26-35(27-23-32)51(36-28-24-33(25-29-36)37-18-11-19-40-38-16-7-9-20-43(38)52-46(37)40)45-47-41(39-17-8-10-21-44(39)53-47)30-42-48(45)54-49(50-42)34-14-5-2-6-15-34/h1-30H. The molecule has 0 spiro atoms. The summed E-state index contributed by atoms with van der Waals surface area (Å²) in [5, 5.41) is 5.32. The number of anilines is 3. The monoisotopic (exact) mass is 710 g/mol. The number of benzene rings is 8. The summed E-state index contributed by atoms with van der Waals surface area (Å²) >= 11 is 1.70. The van der Waals surface area contributed by atoms with Crippen LogP contribution in [0, 0.1) is 0 Å². The summed E-state index contributed by atoms with van der Waals surface area (Å²) in [7, 11) is 0. The molecule has 0 aliphatic rings. The largest absolute Gasteiger partial charge is 0.455 e. The van der Waals surface area contributed by atoms with Gasteiger partial charge in [0.05, 0.1) is 10.2 Å². The first kappa shape index (κ1) is 30.7. The zero-order valence-corrected chi connectivity index (χ0v) is 29.8. The highest BCUT2D eigenvalue weighted by molar-refractivity contribution is 7.22. The van der Waals surface area contributed by atoms with E-state index in [9.17, 15) is 0 Å². The Labute approximate surface area is 314 Å². The van der Waals surface area contributed by atoms with Crippen LogP contribution in [0.3, 0.4) is 0 Å². The first-order valence-corrected chi connectivity index (χ1v) is 18.8. The third kappa shape index (κ3) is 4.94. The molecule has 54 heavy (non-hydrogen) atoms. The third-order valence-corrected chi connectivity index (χ3v) is 11.4. The van der Waals surface area contributed by atoms with Crippen LogP contribution in [0.25, 0.3) is 86.9 Å². The number of hydrogen-bond donors (Lipinski definition) is 0. The van der Waals surface area contributed by atoms with Crippen molar-refractivity contribution in [2.45, 2.75) is 0 Å². The predicted octanol–water partition coefficient (Wildman–Crippen LogP) is 14.6. The first-order valence-electron chi connectivity index (χ1n) is 18.0. The lowest BCUT2D eigenvalue weighted by atomic mass is 10.0. The average Bonchev–Trinajstić information content (AvgIpc) is 3.96. The molecule has 0 aliphatic carbocycles. The number of furan rings is 2. The highest BCUT2D eigenvalue weighted by atomic mass is 32.1. The smallest absolute Gasteiger partial charge is 0.161 e. The van der Waals surface area contributed by atoms with E-state index in [0.29, 0.717) is 0 Å². The number of thiazole rings is 1. The molecule has 11 aromatic rings. The maximum atomic E-state index is 6.82. The van der Waals surface area contributed by atoms with Crippen molar-refractivity contribution in [2.24, 2.45) is 0 Å². The van der Waals surface area contributed by atoms with Gasteiger partial charge in [0.25, 0.3) is 0 Å². The molecule has 0 N–H and O–H groups in total. The fraction of sp³-hybridized carbons (Fsp3) is 0. The Hall–Kier alpha value is -6.95. The second kappa shape index (κ2) is 12.3. The average molecular weight is 711 g/mol. The van der Waals surface area contributed by atoms with Gasteiger partial charge >= 0.3 is 0 Å². The van der Waals surface area contributed by atoms with Crippen molar-refractivity contribution in [3.05, 3.63) is 182 Å². The van der Waals surface area contributed by atoms with Crippen LogP contribution in [0.1, 0.15) is 0 Å². The Morgan fingerprint density at radius 3 is 1.65 bits per heavy atom. The van der Waals surface area contributed by atoms with Crippen LogP contribution in [0.5, 0.6) is 0 Å². The molecule has 5 heteroatoms. The number of aromatic nitrogens is 1. The Morgan fingerprint density at radius 2 is 0.963 bits per heavy atom. The summed E-state index contributed by atoms with van der Waals surface area (Å²) in [4.78, 5) is 7.58. The molecule has 0 aliphatic heterocycles. The summed E-state index contributed by atoms with van der Waals surface area (Å²) in [5.41, 5.74) is 13.0. The lowest BCUT2D eigenvalue weighted by Crippen LogP contribution is -2.10. The molecule has 0 saturated carbocycles. The molecule has 254 valence electrons. The molecule has 4 nitrogen and oxygen atoms in total. The molecule has 0 fully saturated rings. The van der Waals surface area contributed by atoms with E-state index in [1.165, 1.54) is 5.56 Å². The van der Waals surface area contributed by atoms with E-state index < -0.39 is 0 Å². The lowest BCUT2D eigenvalue weighted by Gasteiger charge is -2.26. The lowest BCUT2D eigenvalue weighted by molar-refractivity contribution is 0.669. The molecule has 0 saturated heterocycles. The van der Waals surface area contributed by atoms with Gasteiger partial charge in [-0.2, -0.15) is 0 Å². The van der Waals surface area contributed by atoms with E-state index in [-0.39, 0.29) is 0 Å². The molecule has 0 bridgehead atoms. The molecule has 8 aromatic carbocycles. The van der Waals surface area contributed by atoms with E-state index in [1.54, 1.807) is 11.3 Å². The minimum atomic E-state index is 0.829. The van der Waals surface area contributed by atoms with Gasteiger partial charge in [-0.3, -0.25) is 0 Å². The van der Waals surface area contributed by atoms with Crippen molar-refractivity contribution in [3.63, 3.8) is 0 Å². The Kier molecular flexibility index (Phi) is 7.00. The zero-order chi connectivity index (χ0) is 35.6. The number of fused-ring (bicyclic) bond motifs is 7. The van der Waals surface area contributed by atoms with E-state index in [1.807, 2.05) is 30.3 Å². The maximum Gasteiger partial charge on any atom is 0.161 e. The molecule has 0 radical (unpaired) electrons. The van der Waals surface area contributed by atoms with Crippen molar-refractivity contribution < 1.29 is 8.83 Å². The zero-order valence-electron chi connectivity index (χ0n) is 28.9. The van der Waals surface area contributed by atoms with Crippen LogP contribution in [-0.2, 0) is 0 Å². The second-order valence-electron chi connectivity index (χ2n) is 13.5. The summed E-state index contributed by atoms with van der Waals surface area (Å²) in [6.45, 7) is 0. The van der Waals surface area contributed by atoms with Gasteiger partial charge in [0.1, 0.15) is 27.4 Å². The number of nitrogens with zero attached hydrogens (tertiary/aromatic N) is 2. The van der Waals surface area contributed by atoms with Crippen LogP contribution in [0.2, 0.25) is 0 Å². The maximum absolute atomic E-state index is 6.82. The van der Waals surface area contributed by atoms with Crippen molar-refractivity contribution in [2.75, 3.05) is 4.90 Å². The molecule has 0 atom stereocenters. The van der Waals surface area contributed by atoms with Crippen LogP contribution in [0.4, 0.5) is 17.1 Å². The summed E-state index contributed by atoms with van der Waals surface area (Å²) in [5.74, 6) is 0. The van der Waals surface area contributed by atoms with Gasteiger partial charge in [0.15, 0.2) is 5.58 Å². The van der Waals surface area contributed by atoms with Gasteiger partial charge in [-0.05, 0) is 59.2 Å². The van der Waals surface area contributed by atoms with Crippen LogP contribution in [0.15, 0.2) is 191 Å². The first-order chi connectivity index (χ1) is 26.8. The molecule has 0 amide bonds. The van der Waals surface area contributed by atoms with Gasteiger partial charge in [-0.15, -0.1) is 11.3 Å². The highest BCUT2D eigenvalue weighted by Crippen LogP contribution is 2.49. The Balaban J connectivity index is 1.14. The van der Waals surface area contributed by atoms with Gasteiger partial charge in [0, 0.05) is 44.0 Å². The fourth-order valence-electron chi connectivity index (χ4n) is 7.74. The fourth-order valence-corrected chi connectivity index (χ4v) is 8.82. The quantitative estimate of drug-likeness (QED) is 0.172. The summed E-state index contributed by atoms with van der Waals surface area (Å²) in [6, 6.07) is 63.6. The third-order valence-electron chi connectivity index (χ3n) is 10.3. The number of hydrogen-bond acceptors (Lipinski definition) is 5.